The van der Waals surface area contributed by atoms with Gasteiger partial charge in [0.25, 0.3) is 5.91 Å². The number of benzene rings is 2. The Morgan fingerprint density at radius 1 is 1.12 bits per heavy atom. The van der Waals surface area contributed by atoms with E-state index in [1.807, 2.05) is 0 Å². The number of amides is 1. The first-order chi connectivity index (χ1) is 15.4. The van der Waals surface area contributed by atoms with Gasteiger partial charge in [0.2, 0.25) is 0 Å². The van der Waals surface area contributed by atoms with Crippen LogP contribution in [0.3, 0.4) is 0 Å². The van der Waals surface area contributed by atoms with Gasteiger partial charge in [-0.1, -0.05) is 27.5 Å². The van der Waals surface area contributed by atoms with Crippen molar-refractivity contribution < 1.29 is 19.4 Å². The van der Waals surface area contributed by atoms with Gasteiger partial charge < -0.3 is 14.6 Å². The van der Waals surface area contributed by atoms with E-state index in [0.29, 0.717) is 32.0 Å². The van der Waals surface area contributed by atoms with Crippen LogP contribution < -0.4 is 0 Å². The summed E-state index contributed by atoms with van der Waals surface area (Å²) in [6.45, 7) is 0.161. The van der Waals surface area contributed by atoms with Gasteiger partial charge in [0, 0.05) is 20.6 Å². The fourth-order valence-corrected chi connectivity index (χ4v) is 4.32. The predicted molar refractivity (Wildman–Crippen MR) is 129 cm³/mol. The first kappa shape index (κ1) is 22.2. The summed E-state index contributed by atoms with van der Waals surface area (Å²) >= 11 is 10.5. The number of rotatable bonds is 5. The Morgan fingerprint density at radius 2 is 1.91 bits per heavy atom. The van der Waals surface area contributed by atoms with Crippen molar-refractivity contribution in [1.82, 2.24) is 4.90 Å². The summed E-state index contributed by atoms with van der Waals surface area (Å²) in [7, 11) is 0. The first-order valence-corrected chi connectivity index (χ1v) is 11.2. The minimum Gasteiger partial charge on any atom is -0.507 e. The van der Waals surface area contributed by atoms with E-state index in [9.17, 15) is 15.0 Å². The number of hydrogen-bond acceptors (Lipinski definition) is 7. The van der Waals surface area contributed by atoms with Crippen LogP contribution in [0, 0.1) is 0 Å². The molecule has 1 aliphatic rings. The third-order valence-electron chi connectivity index (χ3n) is 4.39. The lowest BCUT2D eigenvalue weighted by Gasteiger charge is -2.12. The van der Waals surface area contributed by atoms with Crippen molar-refractivity contribution in [1.29, 1.82) is 0 Å². The highest BCUT2D eigenvalue weighted by Gasteiger charge is 2.34. The van der Waals surface area contributed by atoms with Crippen molar-refractivity contribution in [3.63, 3.8) is 0 Å². The van der Waals surface area contributed by atoms with Crippen molar-refractivity contribution in [2.75, 3.05) is 0 Å². The maximum atomic E-state index is 13.1. The van der Waals surface area contributed by atoms with E-state index in [4.69, 9.17) is 16.0 Å². The highest BCUT2D eigenvalue weighted by atomic mass is 79.9. The highest BCUT2D eigenvalue weighted by molar-refractivity contribution is 9.10. The lowest BCUT2D eigenvalue weighted by molar-refractivity contribution is -0.122. The van der Waals surface area contributed by atoms with Gasteiger partial charge in [-0.05, 0) is 66.4 Å². The topological polar surface area (TPSA) is 98.6 Å². The number of phenolic OH excluding ortho intramolecular Hbond substituents is 2. The molecule has 10 heteroatoms. The Morgan fingerprint density at radius 3 is 2.69 bits per heavy atom. The van der Waals surface area contributed by atoms with Crippen LogP contribution >= 0.6 is 39.3 Å². The quantitative estimate of drug-likeness (QED) is 0.253. The summed E-state index contributed by atoms with van der Waals surface area (Å²) in [5.41, 5.74) is 0.880. The molecule has 0 bridgehead atoms. The minimum absolute atomic E-state index is 0.00132. The summed E-state index contributed by atoms with van der Waals surface area (Å²) in [4.78, 5) is 14.8. The zero-order valence-corrected chi connectivity index (χ0v) is 19.4. The van der Waals surface area contributed by atoms with E-state index in [-0.39, 0.29) is 24.0 Å². The lowest BCUT2D eigenvalue weighted by Crippen LogP contribution is -2.28. The maximum absolute atomic E-state index is 13.1. The van der Waals surface area contributed by atoms with Crippen LogP contribution in [0.15, 0.2) is 78.8 Å². The summed E-state index contributed by atoms with van der Waals surface area (Å²) in [6.07, 6.45) is 4.47. The molecule has 0 spiro atoms. The fourth-order valence-electron chi connectivity index (χ4n) is 2.83. The largest absolute Gasteiger partial charge is 0.507 e. The monoisotopic (exact) mass is 531 g/mol. The van der Waals surface area contributed by atoms with E-state index in [2.05, 4.69) is 26.1 Å². The van der Waals surface area contributed by atoms with Crippen LogP contribution in [0.25, 0.3) is 6.08 Å². The van der Waals surface area contributed by atoms with Crippen molar-refractivity contribution in [3.8, 4) is 11.5 Å². The molecule has 1 amide bonds. The molecule has 0 unspecified atom stereocenters. The van der Waals surface area contributed by atoms with Crippen LogP contribution in [-0.4, -0.2) is 32.4 Å². The number of aromatic hydroxyl groups is 2. The average Bonchev–Trinajstić information content (AvgIpc) is 3.37. The standard InChI is InChI=1S/C22H15BrClN3O4S/c23-15-3-5-19(29)14(8-15)11-25-26-22-27(12-17-2-1-7-31-17)21(30)20(32-22)10-13-9-16(24)4-6-18(13)28/h1-11,28-29H,12H2/b20-10-,25-11-,26-22+. The molecular weight excluding hydrogens is 518 g/mol. The number of amidine groups is 1. The van der Waals surface area contributed by atoms with Crippen molar-refractivity contribution in [2.24, 2.45) is 10.2 Å². The lowest BCUT2D eigenvalue weighted by atomic mass is 10.2. The fraction of sp³-hybridized carbons (Fsp3) is 0.0455. The number of nitrogens with zero attached hydrogens (tertiary/aromatic N) is 3. The second-order valence-corrected chi connectivity index (χ2v) is 8.98. The molecule has 4 rings (SSSR count). The summed E-state index contributed by atoms with van der Waals surface area (Å²) in [5.74, 6) is 0.315. The molecule has 0 atom stereocenters. The SMILES string of the molecule is O=C1/C(=C/c2cc(Cl)ccc2O)S/C(=N/N=C\c2cc(Br)ccc2O)N1Cc1ccco1. The molecule has 1 saturated heterocycles. The third-order valence-corrected chi connectivity index (χ3v) is 6.11. The van der Waals surface area contributed by atoms with Crippen LogP contribution in [0.5, 0.6) is 11.5 Å². The Kier molecular flexibility index (Phi) is 6.69. The molecule has 0 radical (unpaired) electrons. The van der Waals surface area contributed by atoms with E-state index >= 15 is 0 Å². The number of carbonyl (C=O) groups excluding carboxylic acids is 1. The minimum atomic E-state index is -0.315. The predicted octanol–water partition coefficient (Wildman–Crippen LogP) is 5.61. The van der Waals surface area contributed by atoms with Crippen molar-refractivity contribution in [2.45, 2.75) is 6.54 Å². The molecule has 32 heavy (non-hydrogen) atoms. The van der Waals surface area contributed by atoms with Gasteiger partial charge in [0.1, 0.15) is 17.3 Å². The molecule has 2 heterocycles. The molecule has 162 valence electrons. The average molecular weight is 533 g/mol. The van der Waals surface area contributed by atoms with Gasteiger partial charge in [0.05, 0.1) is 23.9 Å². The molecule has 1 aromatic heterocycles. The number of thioether (sulfide) groups is 1. The maximum Gasteiger partial charge on any atom is 0.267 e. The number of halogens is 2. The molecule has 0 aliphatic carbocycles. The van der Waals surface area contributed by atoms with Gasteiger partial charge >= 0.3 is 0 Å². The Bertz CT molecular complexity index is 1260. The van der Waals surface area contributed by atoms with E-state index < -0.39 is 0 Å². The molecule has 7 nitrogen and oxygen atoms in total. The third kappa shape index (κ3) is 5.07. The van der Waals surface area contributed by atoms with Gasteiger partial charge in [0.15, 0.2) is 5.17 Å². The molecule has 2 N–H and O–H groups in total. The van der Waals surface area contributed by atoms with Crippen LogP contribution in [-0.2, 0) is 11.3 Å². The summed E-state index contributed by atoms with van der Waals surface area (Å²) < 4.78 is 6.15. The normalized spacial score (nSPS) is 16.7. The van der Waals surface area contributed by atoms with Crippen LogP contribution in [0.1, 0.15) is 16.9 Å². The Balaban J connectivity index is 1.66. The number of hydrogen-bond donors (Lipinski definition) is 2. The zero-order chi connectivity index (χ0) is 22.7. The molecular formula is C22H15BrClN3O4S. The molecule has 2 aromatic carbocycles. The Labute approximate surface area is 200 Å². The van der Waals surface area contributed by atoms with E-state index in [1.165, 1.54) is 29.5 Å². The number of phenols is 2. The van der Waals surface area contributed by atoms with E-state index in [0.717, 1.165) is 16.2 Å². The molecule has 3 aromatic rings. The number of carbonyl (C=O) groups is 1. The van der Waals surface area contributed by atoms with Crippen LogP contribution in [0.4, 0.5) is 0 Å². The van der Waals surface area contributed by atoms with Gasteiger partial charge in [-0.25, -0.2) is 0 Å². The zero-order valence-electron chi connectivity index (χ0n) is 16.3. The summed E-state index contributed by atoms with van der Waals surface area (Å²) in [5, 5.41) is 29.1. The van der Waals surface area contributed by atoms with Gasteiger partial charge in [-0.2, -0.15) is 5.10 Å². The smallest absolute Gasteiger partial charge is 0.267 e. The molecule has 0 saturated carbocycles. The second-order valence-electron chi connectivity index (χ2n) is 6.61. The van der Waals surface area contributed by atoms with Crippen molar-refractivity contribution in [3.05, 3.63) is 86.1 Å². The first-order valence-electron chi connectivity index (χ1n) is 9.22. The molecule has 1 fully saturated rings. The van der Waals surface area contributed by atoms with Crippen molar-refractivity contribution >= 4 is 62.7 Å². The van der Waals surface area contributed by atoms with Gasteiger partial charge in [-0.3, -0.25) is 9.69 Å². The Hall–Kier alpha value is -3.01. The highest BCUT2D eigenvalue weighted by Crippen LogP contribution is 2.35. The van der Waals surface area contributed by atoms with Gasteiger partial charge in [-0.15, -0.1) is 5.10 Å². The molecule has 1 aliphatic heterocycles. The summed E-state index contributed by atoms with van der Waals surface area (Å²) in [6, 6.07) is 13.0. The van der Waals surface area contributed by atoms with E-state index in [1.54, 1.807) is 42.5 Å². The van der Waals surface area contributed by atoms with Crippen LogP contribution in [0.2, 0.25) is 5.02 Å². The second kappa shape index (κ2) is 9.64. The number of furan rings is 1.